The molecular weight excluding hydrogens is 265 g/mol. The van der Waals surface area contributed by atoms with Crippen molar-refractivity contribution in [3.8, 4) is 6.07 Å². The van der Waals surface area contributed by atoms with Crippen molar-refractivity contribution in [2.45, 2.75) is 19.1 Å². The normalized spacial score (nSPS) is 10.8. The fourth-order valence-electron chi connectivity index (χ4n) is 1.25. The molecule has 8 heteroatoms. The predicted molar refractivity (Wildman–Crippen MR) is 56.8 cm³/mol. The highest BCUT2D eigenvalue weighted by atomic mass is 19.4. The summed E-state index contributed by atoms with van der Waals surface area (Å²) in [6.07, 6.45) is -4.36. The molecule has 104 valence electrons. The van der Waals surface area contributed by atoms with Crippen LogP contribution in [0.1, 0.15) is 12.2 Å². The standard InChI is InChI=1S/C11H11F3N2O3/c12-11(13,14)8-19-10(17)16(5-2-4-15)7-9-3-1-6-18-9/h1,3,6H,2,5,7-8H2. The van der Waals surface area contributed by atoms with Crippen molar-refractivity contribution in [2.75, 3.05) is 13.2 Å². The lowest BCUT2D eigenvalue weighted by Gasteiger charge is -2.20. The number of hydrogen-bond acceptors (Lipinski definition) is 4. The lowest BCUT2D eigenvalue weighted by Crippen LogP contribution is -2.34. The van der Waals surface area contributed by atoms with Crippen LogP contribution in [-0.2, 0) is 11.3 Å². The Morgan fingerprint density at radius 1 is 1.53 bits per heavy atom. The lowest BCUT2D eigenvalue weighted by molar-refractivity contribution is -0.162. The van der Waals surface area contributed by atoms with Crippen molar-refractivity contribution >= 4 is 6.09 Å². The van der Waals surface area contributed by atoms with Crippen molar-refractivity contribution in [3.05, 3.63) is 24.2 Å². The van der Waals surface area contributed by atoms with Gasteiger partial charge in [0.25, 0.3) is 0 Å². The van der Waals surface area contributed by atoms with E-state index in [1.165, 1.54) is 6.26 Å². The van der Waals surface area contributed by atoms with Gasteiger partial charge in [0, 0.05) is 6.54 Å². The van der Waals surface area contributed by atoms with Crippen LogP contribution in [0.3, 0.4) is 0 Å². The number of rotatable bonds is 5. The quantitative estimate of drug-likeness (QED) is 0.829. The molecule has 0 aliphatic carbocycles. The van der Waals surface area contributed by atoms with E-state index in [0.717, 1.165) is 4.90 Å². The molecule has 0 radical (unpaired) electrons. The first-order valence-electron chi connectivity index (χ1n) is 5.30. The summed E-state index contributed by atoms with van der Waals surface area (Å²) in [6.45, 7) is -1.74. The molecule has 0 fully saturated rings. The van der Waals surface area contributed by atoms with Gasteiger partial charge in [0.1, 0.15) is 5.76 Å². The Bertz CT molecular complexity index is 437. The average Bonchev–Trinajstić information content (AvgIpc) is 2.83. The van der Waals surface area contributed by atoms with Gasteiger partial charge in [-0.05, 0) is 12.1 Å². The molecule has 1 rings (SSSR count). The number of furan rings is 1. The zero-order valence-electron chi connectivity index (χ0n) is 9.81. The van der Waals surface area contributed by atoms with Crippen LogP contribution in [-0.4, -0.2) is 30.3 Å². The number of nitriles is 1. The molecule has 1 heterocycles. The molecule has 0 N–H and O–H groups in total. The van der Waals surface area contributed by atoms with E-state index in [9.17, 15) is 18.0 Å². The number of carbonyl (C=O) groups is 1. The summed E-state index contributed by atoms with van der Waals surface area (Å²) < 4.78 is 44.9. The van der Waals surface area contributed by atoms with Gasteiger partial charge in [-0.3, -0.25) is 4.90 Å². The minimum Gasteiger partial charge on any atom is -0.467 e. The second-order valence-corrected chi connectivity index (χ2v) is 3.58. The summed E-state index contributed by atoms with van der Waals surface area (Å²) in [6, 6.07) is 4.95. The van der Waals surface area contributed by atoms with Gasteiger partial charge >= 0.3 is 12.3 Å². The van der Waals surface area contributed by atoms with Crippen molar-refractivity contribution in [1.82, 2.24) is 4.90 Å². The van der Waals surface area contributed by atoms with Crippen molar-refractivity contribution in [3.63, 3.8) is 0 Å². The summed E-state index contributed by atoms with van der Waals surface area (Å²) in [5, 5.41) is 8.45. The Hall–Kier alpha value is -2.17. The maximum Gasteiger partial charge on any atom is 0.422 e. The van der Waals surface area contributed by atoms with Crippen LogP contribution in [0.2, 0.25) is 0 Å². The van der Waals surface area contributed by atoms with Crippen LogP contribution in [0.4, 0.5) is 18.0 Å². The summed E-state index contributed by atoms with van der Waals surface area (Å²) >= 11 is 0. The van der Waals surface area contributed by atoms with Crippen LogP contribution in [0.15, 0.2) is 22.8 Å². The molecule has 1 amide bonds. The Kier molecular flexibility index (Phi) is 5.23. The van der Waals surface area contributed by atoms with Gasteiger partial charge in [0.05, 0.1) is 25.3 Å². The highest BCUT2D eigenvalue weighted by Gasteiger charge is 2.30. The van der Waals surface area contributed by atoms with Crippen molar-refractivity contribution in [2.24, 2.45) is 0 Å². The lowest BCUT2D eigenvalue weighted by atomic mass is 10.3. The maximum absolute atomic E-state index is 11.9. The van der Waals surface area contributed by atoms with E-state index in [2.05, 4.69) is 4.74 Å². The van der Waals surface area contributed by atoms with Gasteiger partial charge in [-0.2, -0.15) is 18.4 Å². The minimum atomic E-state index is -4.58. The topological polar surface area (TPSA) is 66.5 Å². The summed E-state index contributed by atoms with van der Waals surface area (Å²) in [7, 11) is 0. The average molecular weight is 276 g/mol. The van der Waals surface area contributed by atoms with Crippen molar-refractivity contribution < 1.29 is 27.1 Å². The number of nitrogens with zero attached hydrogens (tertiary/aromatic N) is 2. The highest BCUT2D eigenvalue weighted by Crippen LogP contribution is 2.16. The van der Waals surface area contributed by atoms with Crippen LogP contribution < -0.4 is 0 Å². The van der Waals surface area contributed by atoms with E-state index < -0.39 is 18.9 Å². The number of carbonyl (C=O) groups excluding carboxylic acids is 1. The number of ether oxygens (including phenoxy) is 1. The third kappa shape index (κ3) is 5.81. The Morgan fingerprint density at radius 3 is 2.79 bits per heavy atom. The third-order valence-corrected chi connectivity index (χ3v) is 2.04. The van der Waals surface area contributed by atoms with E-state index in [4.69, 9.17) is 9.68 Å². The predicted octanol–water partition coefficient (Wildman–Crippen LogP) is 2.69. The molecule has 0 atom stereocenters. The highest BCUT2D eigenvalue weighted by molar-refractivity contribution is 5.67. The van der Waals surface area contributed by atoms with E-state index in [-0.39, 0.29) is 19.5 Å². The molecule has 1 aromatic heterocycles. The molecule has 0 aliphatic heterocycles. The Morgan fingerprint density at radius 2 is 2.26 bits per heavy atom. The van der Waals surface area contributed by atoms with Crippen LogP contribution in [0, 0.1) is 11.3 Å². The fraction of sp³-hybridized carbons (Fsp3) is 0.455. The number of hydrogen-bond donors (Lipinski definition) is 0. The van der Waals surface area contributed by atoms with E-state index in [0.29, 0.717) is 5.76 Å². The van der Waals surface area contributed by atoms with Crippen LogP contribution in [0.5, 0.6) is 0 Å². The molecule has 0 aromatic carbocycles. The smallest absolute Gasteiger partial charge is 0.422 e. The molecule has 19 heavy (non-hydrogen) atoms. The number of halogens is 3. The summed E-state index contributed by atoms with van der Waals surface area (Å²) in [4.78, 5) is 12.5. The van der Waals surface area contributed by atoms with Gasteiger partial charge in [0.15, 0.2) is 6.61 Å². The SMILES string of the molecule is N#CCCN(Cc1ccco1)C(=O)OCC(F)(F)F. The molecule has 0 saturated carbocycles. The largest absolute Gasteiger partial charge is 0.467 e. The van der Waals surface area contributed by atoms with Gasteiger partial charge in [0.2, 0.25) is 0 Å². The minimum absolute atomic E-state index is 0.0121. The first kappa shape index (κ1) is 14.9. The fourth-order valence-corrected chi connectivity index (χ4v) is 1.25. The zero-order valence-corrected chi connectivity index (χ0v) is 9.81. The first-order valence-corrected chi connectivity index (χ1v) is 5.30. The van der Waals surface area contributed by atoms with Gasteiger partial charge in [-0.25, -0.2) is 4.79 Å². The third-order valence-electron chi connectivity index (χ3n) is 2.04. The summed E-state index contributed by atoms with van der Waals surface area (Å²) in [5.41, 5.74) is 0. The van der Waals surface area contributed by atoms with Gasteiger partial charge in [-0.1, -0.05) is 0 Å². The van der Waals surface area contributed by atoms with E-state index in [1.807, 2.05) is 0 Å². The molecule has 0 bridgehead atoms. The van der Waals surface area contributed by atoms with E-state index >= 15 is 0 Å². The molecule has 0 aliphatic rings. The molecule has 0 spiro atoms. The second-order valence-electron chi connectivity index (χ2n) is 3.58. The number of alkyl halides is 3. The monoisotopic (exact) mass is 276 g/mol. The van der Waals surface area contributed by atoms with E-state index in [1.54, 1.807) is 18.2 Å². The molecule has 0 saturated heterocycles. The Labute approximate surface area is 107 Å². The van der Waals surface area contributed by atoms with Crippen LogP contribution in [0.25, 0.3) is 0 Å². The number of amides is 1. The second kappa shape index (κ2) is 6.68. The van der Waals surface area contributed by atoms with Gasteiger partial charge in [-0.15, -0.1) is 0 Å². The Balaban J connectivity index is 2.57. The zero-order chi connectivity index (χ0) is 14.3. The van der Waals surface area contributed by atoms with Gasteiger partial charge < -0.3 is 9.15 Å². The van der Waals surface area contributed by atoms with Crippen molar-refractivity contribution in [1.29, 1.82) is 5.26 Å². The summed E-state index contributed by atoms with van der Waals surface area (Å²) in [5.74, 6) is 0.391. The first-order chi connectivity index (χ1) is 8.92. The molecule has 0 unspecified atom stereocenters. The molecule has 1 aromatic rings. The molecule has 5 nitrogen and oxygen atoms in total. The molecular formula is C11H11F3N2O3. The maximum atomic E-state index is 11.9. The van der Waals surface area contributed by atoms with Crippen LogP contribution >= 0.6 is 0 Å².